The van der Waals surface area contributed by atoms with Crippen molar-refractivity contribution in [3.63, 3.8) is 0 Å². The van der Waals surface area contributed by atoms with Crippen LogP contribution in [-0.4, -0.2) is 61.0 Å². The van der Waals surface area contributed by atoms with Crippen LogP contribution in [0.5, 0.6) is 0 Å². The van der Waals surface area contributed by atoms with E-state index in [1.807, 2.05) is 24.3 Å². The summed E-state index contributed by atoms with van der Waals surface area (Å²) in [7, 11) is 0. The number of rotatable bonds is 3. The van der Waals surface area contributed by atoms with Crippen molar-refractivity contribution in [1.29, 1.82) is 5.26 Å². The summed E-state index contributed by atoms with van der Waals surface area (Å²) < 4.78 is 0. The summed E-state index contributed by atoms with van der Waals surface area (Å²) in [5.74, 6) is 0.569. The van der Waals surface area contributed by atoms with Gasteiger partial charge in [0.2, 0.25) is 5.91 Å². The Bertz CT molecular complexity index is 668. The minimum absolute atomic E-state index is 0.200. The molecular weight excluding hydrogens is 324 g/mol. The summed E-state index contributed by atoms with van der Waals surface area (Å²) in [6, 6.07) is 10.7. The number of carbonyl (C=O) groups excluding carboxylic acids is 1. The number of benzene rings is 1. The van der Waals surface area contributed by atoms with Crippen LogP contribution in [0.3, 0.4) is 0 Å². The van der Waals surface area contributed by atoms with Crippen molar-refractivity contribution in [1.82, 2.24) is 9.80 Å². The second-order valence-corrected chi connectivity index (χ2v) is 7.89. The monoisotopic (exact) mass is 352 g/mol. The molecule has 2 aliphatic heterocycles. The van der Waals surface area contributed by atoms with Crippen LogP contribution in [0.1, 0.15) is 37.7 Å². The first kappa shape index (κ1) is 17.4. The molecule has 1 saturated carbocycles. The Kier molecular flexibility index (Phi) is 5.12. The molecule has 1 aromatic rings. The van der Waals surface area contributed by atoms with Crippen molar-refractivity contribution < 1.29 is 4.79 Å². The third-order valence-corrected chi connectivity index (χ3v) is 6.35. The third-order valence-electron chi connectivity index (χ3n) is 6.35. The second-order valence-electron chi connectivity index (χ2n) is 7.89. The zero-order chi connectivity index (χ0) is 17.9. The molecule has 4 rings (SSSR count). The molecule has 1 atom stereocenters. The van der Waals surface area contributed by atoms with Crippen LogP contribution >= 0.6 is 0 Å². The van der Waals surface area contributed by atoms with Gasteiger partial charge in [-0.25, -0.2) is 0 Å². The number of carbonyl (C=O) groups is 1. The first-order valence-corrected chi connectivity index (χ1v) is 10.0. The largest absolute Gasteiger partial charge is 0.368 e. The highest BCUT2D eigenvalue weighted by Crippen LogP contribution is 2.30. The molecule has 26 heavy (non-hydrogen) atoms. The normalized spacial score (nSPS) is 24.8. The molecule has 1 aliphatic carbocycles. The summed E-state index contributed by atoms with van der Waals surface area (Å²) in [5, 5.41) is 8.92. The van der Waals surface area contributed by atoms with Crippen LogP contribution in [0, 0.1) is 17.2 Å². The van der Waals surface area contributed by atoms with Gasteiger partial charge in [0.05, 0.1) is 17.6 Å². The zero-order valence-electron chi connectivity index (χ0n) is 15.4. The van der Waals surface area contributed by atoms with E-state index in [1.54, 1.807) is 0 Å². The summed E-state index contributed by atoms with van der Waals surface area (Å²) >= 11 is 0. The van der Waals surface area contributed by atoms with Crippen LogP contribution in [0.25, 0.3) is 0 Å². The number of piperazine rings is 1. The number of piperidine rings is 1. The zero-order valence-corrected chi connectivity index (χ0v) is 15.4. The van der Waals surface area contributed by atoms with Crippen molar-refractivity contribution in [3.8, 4) is 6.07 Å². The van der Waals surface area contributed by atoms with Gasteiger partial charge in [-0.05, 0) is 56.5 Å². The molecule has 1 amide bonds. The maximum absolute atomic E-state index is 13.0. The fourth-order valence-corrected chi connectivity index (χ4v) is 4.48. The smallest absolute Gasteiger partial charge is 0.227 e. The fraction of sp³-hybridized carbons (Fsp3) is 0.619. The van der Waals surface area contributed by atoms with Crippen LogP contribution in [0.15, 0.2) is 24.3 Å². The highest BCUT2D eigenvalue weighted by molar-refractivity contribution is 5.79. The highest BCUT2D eigenvalue weighted by Gasteiger charge is 2.34. The molecule has 0 aromatic heterocycles. The number of likely N-dealkylation sites (tertiary alicyclic amines) is 1. The summed E-state index contributed by atoms with van der Waals surface area (Å²) in [6.07, 6.45) is 6.22. The SMILES string of the molecule is N#Cc1ccc(N2CCN(C(=O)C3CCCN(C4CCC4)C3)CC2)cc1. The van der Waals surface area contributed by atoms with Crippen LogP contribution in [0.4, 0.5) is 5.69 Å². The van der Waals surface area contributed by atoms with Gasteiger partial charge in [0.25, 0.3) is 0 Å². The van der Waals surface area contributed by atoms with Crippen molar-refractivity contribution in [2.24, 2.45) is 5.92 Å². The van der Waals surface area contributed by atoms with Gasteiger partial charge in [0.1, 0.15) is 0 Å². The molecular formula is C21H28N4O. The standard InChI is InChI=1S/C21H28N4O/c22-15-17-6-8-20(9-7-17)23-11-13-24(14-12-23)21(26)18-3-2-10-25(16-18)19-4-1-5-19/h6-9,18-19H,1-5,10-14,16H2. The molecule has 0 radical (unpaired) electrons. The van der Waals surface area contributed by atoms with Gasteiger partial charge in [0.15, 0.2) is 0 Å². The molecule has 138 valence electrons. The maximum Gasteiger partial charge on any atom is 0.227 e. The van der Waals surface area contributed by atoms with Gasteiger partial charge in [-0.2, -0.15) is 5.26 Å². The Morgan fingerprint density at radius 1 is 0.962 bits per heavy atom. The molecule has 2 heterocycles. The number of amides is 1. The summed E-state index contributed by atoms with van der Waals surface area (Å²) in [4.78, 5) is 20.0. The quantitative estimate of drug-likeness (QED) is 0.839. The lowest BCUT2D eigenvalue weighted by Crippen LogP contribution is -2.54. The predicted octanol–water partition coefficient (Wildman–Crippen LogP) is 2.47. The Morgan fingerprint density at radius 2 is 1.69 bits per heavy atom. The number of nitriles is 1. The Hall–Kier alpha value is -2.06. The van der Waals surface area contributed by atoms with E-state index in [0.717, 1.165) is 57.3 Å². The van der Waals surface area contributed by atoms with Gasteiger partial charge in [-0.15, -0.1) is 0 Å². The lowest BCUT2D eigenvalue weighted by atomic mass is 9.87. The first-order valence-electron chi connectivity index (χ1n) is 10.0. The fourth-order valence-electron chi connectivity index (χ4n) is 4.48. The van der Waals surface area contributed by atoms with E-state index in [0.29, 0.717) is 11.5 Å². The molecule has 2 saturated heterocycles. The number of anilines is 1. The van der Waals surface area contributed by atoms with Crippen LogP contribution in [-0.2, 0) is 4.79 Å². The minimum Gasteiger partial charge on any atom is -0.368 e. The lowest BCUT2D eigenvalue weighted by molar-refractivity contribution is -0.138. The van der Waals surface area contributed by atoms with E-state index < -0.39 is 0 Å². The molecule has 5 heteroatoms. The minimum atomic E-state index is 0.200. The van der Waals surface area contributed by atoms with E-state index in [4.69, 9.17) is 5.26 Å². The number of hydrogen-bond donors (Lipinski definition) is 0. The van der Waals surface area contributed by atoms with Gasteiger partial charge in [0, 0.05) is 44.5 Å². The average Bonchev–Trinajstić information content (AvgIpc) is 2.66. The van der Waals surface area contributed by atoms with E-state index in [1.165, 1.54) is 25.8 Å². The van der Waals surface area contributed by atoms with E-state index in [9.17, 15) is 4.79 Å². The molecule has 5 nitrogen and oxygen atoms in total. The molecule has 3 fully saturated rings. The van der Waals surface area contributed by atoms with Gasteiger partial charge in [-0.1, -0.05) is 6.42 Å². The van der Waals surface area contributed by atoms with E-state index in [2.05, 4.69) is 20.8 Å². The molecule has 0 bridgehead atoms. The molecule has 1 unspecified atom stereocenters. The van der Waals surface area contributed by atoms with Crippen molar-refractivity contribution in [2.75, 3.05) is 44.2 Å². The Morgan fingerprint density at radius 3 is 2.31 bits per heavy atom. The predicted molar refractivity (Wildman–Crippen MR) is 102 cm³/mol. The molecule has 1 aromatic carbocycles. The van der Waals surface area contributed by atoms with Crippen LogP contribution < -0.4 is 4.90 Å². The second kappa shape index (κ2) is 7.67. The van der Waals surface area contributed by atoms with Crippen molar-refractivity contribution >= 4 is 11.6 Å². The molecule has 0 spiro atoms. The third kappa shape index (κ3) is 3.57. The van der Waals surface area contributed by atoms with Crippen molar-refractivity contribution in [3.05, 3.63) is 29.8 Å². The number of nitrogens with zero attached hydrogens (tertiary/aromatic N) is 4. The van der Waals surface area contributed by atoms with Gasteiger partial charge in [-0.3, -0.25) is 9.69 Å². The Labute approximate surface area is 156 Å². The van der Waals surface area contributed by atoms with E-state index in [-0.39, 0.29) is 5.92 Å². The van der Waals surface area contributed by atoms with Gasteiger partial charge >= 0.3 is 0 Å². The first-order chi connectivity index (χ1) is 12.7. The molecule has 3 aliphatic rings. The maximum atomic E-state index is 13.0. The van der Waals surface area contributed by atoms with E-state index >= 15 is 0 Å². The highest BCUT2D eigenvalue weighted by atomic mass is 16.2. The number of hydrogen-bond acceptors (Lipinski definition) is 4. The van der Waals surface area contributed by atoms with Crippen molar-refractivity contribution in [2.45, 2.75) is 38.1 Å². The summed E-state index contributed by atoms with van der Waals surface area (Å²) in [6.45, 7) is 5.51. The van der Waals surface area contributed by atoms with Crippen LogP contribution in [0.2, 0.25) is 0 Å². The lowest BCUT2D eigenvalue weighted by Gasteiger charge is -2.44. The topological polar surface area (TPSA) is 50.6 Å². The average molecular weight is 352 g/mol. The molecule has 0 N–H and O–H groups in total. The Balaban J connectivity index is 1.30. The van der Waals surface area contributed by atoms with Gasteiger partial charge < -0.3 is 9.80 Å². The summed E-state index contributed by atoms with van der Waals surface area (Å²) in [5.41, 5.74) is 1.83.